The molecule has 2 aliphatic rings. The minimum Gasteiger partial charge on any atom is -0.291 e. The van der Waals surface area contributed by atoms with Crippen molar-refractivity contribution in [1.29, 1.82) is 0 Å². The molecule has 1 saturated heterocycles. The van der Waals surface area contributed by atoms with Crippen LogP contribution in [0.5, 0.6) is 0 Å². The van der Waals surface area contributed by atoms with Crippen molar-refractivity contribution < 1.29 is 0 Å². The lowest BCUT2D eigenvalue weighted by atomic mass is 10.2. The topological polar surface area (TPSA) is 77.5 Å². The Morgan fingerprint density at radius 1 is 1.18 bits per heavy atom. The quantitative estimate of drug-likeness (QED) is 0.816. The van der Waals surface area contributed by atoms with Crippen molar-refractivity contribution in [2.45, 2.75) is 64.7 Å². The lowest BCUT2D eigenvalue weighted by Crippen LogP contribution is -2.34. The van der Waals surface area contributed by atoms with E-state index in [0.717, 1.165) is 37.1 Å². The van der Waals surface area contributed by atoms with Crippen molar-refractivity contribution in [2.75, 3.05) is 6.54 Å². The molecule has 22 heavy (non-hydrogen) atoms. The van der Waals surface area contributed by atoms with Crippen LogP contribution < -0.4 is 0 Å². The Morgan fingerprint density at radius 3 is 2.77 bits per heavy atom. The summed E-state index contributed by atoms with van der Waals surface area (Å²) in [7, 11) is 0. The van der Waals surface area contributed by atoms with E-state index in [1.54, 1.807) is 0 Å². The number of hydrogen-bond acceptors (Lipinski definition) is 6. The fourth-order valence-electron chi connectivity index (χ4n) is 3.34. The van der Waals surface area contributed by atoms with Crippen LogP contribution in [0.3, 0.4) is 0 Å². The molecule has 0 amide bonds. The van der Waals surface area contributed by atoms with E-state index < -0.39 is 0 Å². The molecule has 1 aliphatic carbocycles. The summed E-state index contributed by atoms with van der Waals surface area (Å²) >= 11 is 0. The first-order valence-corrected chi connectivity index (χ1v) is 8.09. The largest absolute Gasteiger partial charge is 0.291 e. The molecule has 8 nitrogen and oxygen atoms in total. The van der Waals surface area contributed by atoms with Crippen LogP contribution in [0.1, 0.15) is 49.2 Å². The number of aryl methyl sites for hydroxylation is 2. The maximum atomic E-state index is 4.49. The molecule has 0 unspecified atom stereocenters. The lowest BCUT2D eigenvalue weighted by molar-refractivity contribution is 0.209. The third-order valence-electron chi connectivity index (χ3n) is 4.64. The van der Waals surface area contributed by atoms with Gasteiger partial charge < -0.3 is 0 Å². The van der Waals surface area contributed by atoms with Crippen LogP contribution in [0.15, 0.2) is 0 Å². The van der Waals surface area contributed by atoms with Crippen molar-refractivity contribution >= 4 is 0 Å². The average molecular weight is 302 g/mol. The van der Waals surface area contributed by atoms with Gasteiger partial charge in [-0.25, -0.2) is 14.3 Å². The van der Waals surface area contributed by atoms with Crippen LogP contribution in [-0.2, 0) is 13.1 Å². The zero-order valence-corrected chi connectivity index (χ0v) is 13.2. The Labute approximate surface area is 129 Å². The van der Waals surface area contributed by atoms with Crippen LogP contribution in [0.2, 0.25) is 0 Å². The highest BCUT2D eigenvalue weighted by Crippen LogP contribution is 2.35. The second kappa shape index (κ2) is 5.42. The van der Waals surface area contributed by atoms with Gasteiger partial charge in [-0.15, -0.1) is 5.10 Å². The van der Waals surface area contributed by atoms with Gasteiger partial charge in [0.15, 0.2) is 5.82 Å². The van der Waals surface area contributed by atoms with Gasteiger partial charge >= 0.3 is 0 Å². The Morgan fingerprint density at radius 2 is 2.05 bits per heavy atom. The number of nitrogens with zero attached hydrogens (tertiary/aromatic N) is 8. The van der Waals surface area contributed by atoms with Crippen LogP contribution in [-0.4, -0.2) is 52.5 Å². The van der Waals surface area contributed by atoms with Crippen molar-refractivity contribution in [3.8, 4) is 0 Å². The first-order chi connectivity index (χ1) is 10.7. The summed E-state index contributed by atoms with van der Waals surface area (Å²) in [6.45, 7) is 6.81. The molecule has 8 heteroatoms. The molecule has 2 aromatic rings. The van der Waals surface area contributed by atoms with Crippen LogP contribution in [0.25, 0.3) is 0 Å². The Hall–Kier alpha value is -1.83. The van der Waals surface area contributed by atoms with E-state index in [9.17, 15) is 0 Å². The fourth-order valence-corrected chi connectivity index (χ4v) is 3.34. The van der Waals surface area contributed by atoms with Gasteiger partial charge in [0.25, 0.3) is 0 Å². The molecule has 0 bridgehead atoms. The van der Waals surface area contributed by atoms with Crippen LogP contribution in [0.4, 0.5) is 0 Å². The fraction of sp³-hybridized carbons (Fsp3) is 0.786. The van der Waals surface area contributed by atoms with E-state index in [0.29, 0.717) is 12.1 Å². The minimum absolute atomic E-state index is 0.490. The molecule has 1 aliphatic heterocycles. The molecule has 1 saturated carbocycles. The molecule has 0 spiro atoms. The number of aromatic nitrogens is 7. The molecule has 4 rings (SSSR count). The van der Waals surface area contributed by atoms with Gasteiger partial charge in [0.1, 0.15) is 11.6 Å². The monoisotopic (exact) mass is 302 g/mol. The number of likely N-dealkylation sites (tertiary alicyclic amines) is 1. The minimum atomic E-state index is 0.490. The molecule has 118 valence electrons. The van der Waals surface area contributed by atoms with Gasteiger partial charge in [0.2, 0.25) is 0 Å². The maximum Gasteiger partial charge on any atom is 0.165 e. The first-order valence-electron chi connectivity index (χ1n) is 8.09. The summed E-state index contributed by atoms with van der Waals surface area (Å²) in [6, 6.07) is 1.02. The molecular weight excluding hydrogens is 280 g/mol. The number of rotatable bonds is 5. The normalized spacial score (nSPS) is 22.5. The van der Waals surface area contributed by atoms with Gasteiger partial charge in [-0.1, -0.05) is 0 Å². The van der Waals surface area contributed by atoms with Crippen molar-refractivity contribution in [2.24, 2.45) is 0 Å². The predicted molar refractivity (Wildman–Crippen MR) is 79.0 cm³/mol. The summed E-state index contributed by atoms with van der Waals surface area (Å²) in [5.74, 6) is 2.84. The second-order valence-corrected chi connectivity index (χ2v) is 6.43. The average Bonchev–Trinajstić information content (AvgIpc) is 2.92. The lowest BCUT2D eigenvalue weighted by Gasteiger charge is -2.24. The number of hydrogen-bond donors (Lipinski definition) is 0. The summed E-state index contributed by atoms with van der Waals surface area (Å²) in [6.07, 6.45) is 4.84. The molecule has 1 atom stereocenters. The second-order valence-electron chi connectivity index (χ2n) is 6.43. The van der Waals surface area contributed by atoms with E-state index in [4.69, 9.17) is 0 Å². The molecule has 2 aromatic heterocycles. The van der Waals surface area contributed by atoms with E-state index in [1.807, 2.05) is 23.2 Å². The van der Waals surface area contributed by atoms with Crippen molar-refractivity contribution in [3.05, 3.63) is 17.5 Å². The zero-order chi connectivity index (χ0) is 15.1. The highest BCUT2D eigenvalue weighted by Gasteiger charge is 2.31. The van der Waals surface area contributed by atoms with Gasteiger partial charge in [0.05, 0.1) is 19.1 Å². The van der Waals surface area contributed by atoms with Gasteiger partial charge in [-0.05, 0) is 56.5 Å². The summed E-state index contributed by atoms with van der Waals surface area (Å²) < 4.78 is 4.04. The molecule has 0 aromatic carbocycles. The van der Waals surface area contributed by atoms with Crippen LogP contribution in [0, 0.1) is 13.8 Å². The van der Waals surface area contributed by atoms with Crippen molar-refractivity contribution in [3.63, 3.8) is 0 Å². The Bertz CT molecular complexity index is 656. The van der Waals surface area contributed by atoms with E-state index >= 15 is 0 Å². The molecule has 0 radical (unpaired) electrons. The highest BCUT2D eigenvalue weighted by atomic mass is 15.6. The van der Waals surface area contributed by atoms with Crippen LogP contribution >= 0.6 is 0 Å². The zero-order valence-electron chi connectivity index (χ0n) is 13.2. The summed E-state index contributed by atoms with van der Waals surface area (Å²) in [5, 5.41) is 16.7. The van der Waals surface area contributed by atoms with Gasteiger partial charge in [0, 0.05) is 6.04 Å². The van der Waals surface area contributed by atoms with E-state index in [1.165, 1.54) is 25.7 Å². The maximum absolute atomic E-state index is 4.49. The Balaban J connectivity index is 1.46. The van der Waals surface area contributed by atoms with E-state index in [-0.39, 0.29) is 0 Å². The smallest absolute Gasteiger partial charge is 0.165 e. The van der Waals surface area contributed by atoms with E-state index in [2.05, 4.69) is 30.5 Å². The third-order valence-corrected chi connectivity index (χ3v) is 4.64. The van der Waals surface area contributed by atoms with Gasteiger partial charge in [-0.3, -0.25) is 4.90 Å². The number of tetrazole rings is 1. The standard InChI is InChI=1S/C14H22N8/c1-10-15-11(2)21(17-10)8-13-4-3-7-20(13)9-14-16-18-19-22(14)12-5-6-12/h12-13H,3-9H2,1-2H3/t13-/m1/s1. The predicted octanol–water partition coefficient (Wildman–Crippen LogP) is 0.881. The third kappa shape index (κ3) is 2.63. The van der Waals surface area contributed by atoms with Gasteiger partial charge in [-0.2, -0.15) is 5.10 Å². The molecule has 2 fully saturated rings. The highest BCUT2D eigenvalue weighted by molar-refractivity contribution is 4.94. The molecule has 3 heterocycles. The summed E-state index contributed by atoms with van der Waals surface area (Å²) in [4.78, 5) is 6.88. The Kier molecular flexibility index (Phi) is 3.40. The summed E-state index contributed by atoms with van der Waals surface area (Å²) in [5.41, 5.74) is 0. The first kappa shape index (κ1) is 13.8. The SMILES string of the molecule is Cc1nc(C)n(C[C@H]2CCCN2Cc2nnnn2C2CC2)n1. The molecule has 0 N–H and O–H groups in total. The molecular formula is C14H22N8. The van der Waals surface area contributed by atoms with Crippen molar-refractivity contribution in [1.82, 2.24) is 39.9 Å².